The molecule has 1 aliphatic rings. The van der Waals surface area contributed by atoms with Gasteiger partial charge in [-0.2, -0.15) is 22.7 Å². The maximum absolute atomic E-state index is 12.9. The minimum absolute atomic E-state index is 0.121. The molecule has 10 heteroatoms. The number of anilines is 1. The second-order valence-electron chi connectivity index (χ2n) is 6.31. The molecular formula is C15H21F3N6O. The average molecular weight is 358 g/mol. The van der Waals surface area contributed by atoms with Gasteiger partial charge in [0.25, 0.3) is 11.6 Å². The number of aromatic nitrogens is 4. The van der Waals surface area contributed by atoms with Crippen molar-refractivity contribution in [2.24, 2.45) is 0 Å². The van der Waals surface area contributed by atoms with Gasteiger partial charge >= 0.3 is 6.18 Å². The molecule has 2 N–H and O–H groups in total. The van der Waals surface area contributed by atoms with Gasteiger partial charge in [-0.05, 0) is 32.9 Å². The predicted molar refractivity (Wildman–Crippen MR) is 85.3 cm³/mol. The van der Waals surface area contributed by atoms with Gasteiger partial charge in [0, 0.05) is 18.3 Å². The third-order valence-corrected chi connectivity index (χ3v) is 4.19. The highest BCUT2D eigenvalue weighted by atomic mass is 19.4. The minimum atomic E-state index is -4.64. The third kappa shape index (κ3) is 4.18. The number of nitrogens with zero attached hydrogens (tertiary/aromatic N) is 5. The van der Waals surface area contributed by atoms with Gasteiger partial charge in [0.05, 0.1) is 12.6 Å². The molecule has 138 valence electrons. The lowest BCUT2D eigenvalue weighted by Gasteiger charge is -2.30. The van der Waals surface area contributed by atoms with Gasteiger partial charge in [-0.3, -0.25) is 0 Å². The van der Waals surface area contributed by atoms with Crippen LogP contribution in [0.2, 0.25) is 0 Å². The predicted octanol–water partition coefficient (Wildman–Crippen LogP) is 1.71. The number of hydrogen-bond donors (Lipinski definition) is 2. The van der Waals surface area contributed by atoms with Crippen LogP contribution in [0.25, 0.3) is 5.78 Å². The van der Waals surface area contributed by atoms with Gasteiger partial charge in [-0.15, -0.1) is 5.10 Å². The van der Waals surface area contributed by atoms with Crippen molar-refractivity contribution in [3.05, 3.63) is 17.6 Å². The standard InChI is InChI=1S/C15H21F3N6O/c1-10-7-12(20-11(9-25)8-23-5-3-2-4-6-23)24-14(19-10)21-13(22-24)15(16,17)18/h7,11,20,25H,2-6,8-9H2,1H3/t11-/m0/s1. The van der Waals surface area contributed by atoms with Gasteiger partial charge in [0.15, 0.2) is 0 Å². The summed E-state index contributed by atoms with van der Waals surface area (Å²) in [4.78, 5) is 9.69. The fourth-order valence-corrected chi connectivity index (χ4v) is 3.02. The van der Waals surface area contributed by atoms with E-state index in [0.717, 1.165) is 30.4 Å². The second-order valence-corrected chi connectivity index (χ2v) is 6.31. The highest BCUT2D eigenvalue weighted by Crippen LogP contribution is 2.27. The molecule has 0 amide bonds. The summed E-state index contributed by atoms with van der Waals surface area (Å²) in [5.41, 5.74) is 0.519. The Bertz CT molecular complexity index is 726. The van der Waals surface area contributed by atoms with Crippen LogP contribution in [-0.2, 0) is 6.18 Å². The molecule has 0 aromatic carbocycles. The molecule has 3 heterocycles. The molecule has 0 aliphatic carbocycles. The van der Waals surface area contributed by atoms with Crippen LogP contribution in [-0.4, -0.2) is 61.9 Å². The van der Waals surface area contributed by atoms with Gasteiger partial charge in [0.1, 0.15) is 5.82 Å². The summed E-state index contributed by atoms with van der Waals surface area (Å²) in [7, 11) is 0. The molecule has 1 atom stereocenters. The number of nitrogens with one attached hydrogen (secondary N) is 1. The van der Waals surface area contributed by atoms with Gasteiger partial charge in [0.2, 0.25) is 0 Å². The lowest BCUT2D eigenvalue weighted by Crippen LogP contribution is -2.41. The molecule has 0 unspecified atom stereocenters. The zero-order valence-corrected chi connectivity index (χ0v) is 13.9. The molecule has 0 saturated carbocycles. The number of aryl methyl sites for hydroxylation is 1. The molecule has 3 rings (SSSR count). The van der Waals surface area contributed by atoms with Crippen molar-refractivity contribution in [3.63, 3.8) is 0 Å². The van der Waals surface area contributed by atoms with Gasteiger partial charge in [-0.25, -0.2) is 4.98 Å². The van der Waals surface area contributed by atoms with E-state index in [1.807, 2.05) is 0 Å². The summed E-state index contributed by atoms with van der Waals surface area (Å²) >= 11 is 0. The zero-order valence-electron chi connectivity index (χ0n) is 13.9. The topological polar surface area (TPSA) is 78.6 Å². The monoisotopic (exact) mass is 358 g/mol. The van der Waals surface area contributed by atoms with Crippen LogP contribution in [0.4, 0.5) is 19.0 Å². The van der Waals surface area contributed by atoms with Crippen molar-refractivity contribution in [3.8, 4) is 0 Å². The average Bonchev–Trinajstić information content (AvgIpc) is 2.99. The first-order valence-electron chi connectivity index (χ1n) is 8.28. The Hall–Kier alpha value is -1.94. The van der Waals surface area contributed by atoms with Crippen LogP contribution >= 0.6 is 0 Å². The molecule has 1 saturated heterocycles. The van der Waals surface area contributed by atoms with E-state index in [4.69, 9.17) is 0 Å². The molecule has 1 fully saturated rings. The summed E-state index contributed by atoms with van der Waals surface area (Å²) in [5, 5.41) is 16.3. The highest BCUT2D eigenvalue weighted by Gasteiger charge is 2.37. The molecule has 2 aromatic heterocycles. The van der Waals surface area contributed by atoms with Crippen LogP contribution in [0, 0.1) is 6.92 Å². The molecule has 0 bridgehead atoms. The maximum Gasteiger partial charge on any atom is 0.453 e. The second kappa shape index (κ2) is 7.12. The Morgan fingerprint density at radius 3 is 2.60 bits per heavy atom. The molecule has 1 aliphatic heterocycles. The van der Waals surface area contributed by atoms with Crippen LogP contribution in [0.15, 0.2) is 6.07 Å². The Balaban J connectivity index is 1.84. The van der Waals surface area contributed by atoms with Crippen molar-refractivity contribution < 1.29 is 18.3 Å². The lowest BCUT2D eigenvalue weighted by atomic mass is 10.1. The number of rotatable bonds is 5. The Morgan fingerprint density at radius 2 is 1.96 bits per heavy atom. The summed E-state index contributed by atoms with van der Waals surface area (Å²) < 4.78 is 39.6. The quantitative estimate of drug-likeness (QED) is 0.847. The van der Waals surface area contributed by atoms with E-state index in [0.29, 0.717) is 18.1 Å². The lowest BCUT2D eigenvalue weighted by molar-refractivity contribution is -0.144. The van der Waals surface area contributed by atoms with E-state index in [-0.39, 0.29) is 18.4 Å². The number of alkyl halides is 3. The first-order chi connectivity index (χ1) is 11.9. The number of hydrogen-bond acceptors (Lipinski definition) is 6. The number of likely N-dealkylation sites (tertiary alicyclic amines) is 1. The summed E-state index contributed by atoms with van der Waals surface area (Å²) in [5.74, 6) is -1.02. The zero-order chi connectivity index (χ0) is 18.0. The van der Waals surface area contributed by atoms with E-state index in [1.165, 1.54) is 6.42 Å². The fourth-order valence-electron chi connectivity index (χ4n) is 3.02. The molecule has 2 aromatic rings. The molecule has 0 spiro atoms. The highest BCUT2D eigenvalue weighted by molar-refractivity contribution is 5.46. The van der Waals surface area contributed by atoms with Crippen molar-refractivity contribution >= 4 is 11.6 Å². The first kappa shape index (κ1) is 17.9. The Kier molecular flexibility index (Phi) is 5.09. The van der Waals surface area contributed by atoms with Crippen LogP contribution in [0.3, 0.4) is 0 Å². The van der Waals surface area contributed by atoms with E-state index < -0.39 is 12.0 Å². The van der Waals surface area contributed by atoms with Gasteiger partial charge in [-0.1, -0.05) is 6.42 Å². The normalized spacial score (nSPS) is 17.8. The molecule has 0 radical (unpaired) electrons. The van der Waals surface area contributed by atoms with E-state index in [2.05, 4.69) is 25.3 Å². The largest absolute Gasteiger partial charge is 0.453 e. The molecule has 25 heavy (non-hydrogen) atoms. The van der Waals surface area contributed by atoms with E-state index >= 15 is 0 Å². The van der Waals surface area contributed by atoms with Crippen LogP contribution in [0.5, 0.6) is 0 Å². The summed E-state index contributed by atoms with van der Waals surface area (Å²) in [6.07, 6.45) is -1.19. The van der Waals surface area contributed by atoms with E-state index in [9.17, 15) is 18.3 Å². The minimum Gasteiger partial charge on any atom is -0.394 e. The Morgan fingerprint density at radius 1 is 1.24 bits per heavy atom. The summed E-state index contributed by atoms with van der Waals surface area (Å²) in [6, 6.07) is 1.28. The van der Waals surface area contributed by atoms with Crippen molar-refractivity contribution in [1.82, 2.24) is 24.5 Å². The Labute approximate surface area is 142 Å². The first-order valence-corrected chi connectivity index (χ1v) is 8.28. The number of fused-ring (bicyclic) bond motifs is 1. The van der Waals surface area contributed by atoms with Crippen LogP contribution < -0.4 is 5.32 Å². The third-order valence-electron chi connectivity index (χ3n) is 4.19. The van der Waals surface area contributed by atoms with Crippen molar-refractivity contribution in [1.29, 1.82) is 0 Å². The molecular weight excluding hydrogens is 337 g/mol. The SMILES string of the molecule is Cc1cc(N[C@H](CO)CN2CCCCC2)n2nc(C(F)(F)F)nc2n1. The van der Waals surface area contributed by atoms with Crippen molar-refractivity contribution in [2.45, 2.75) is 38.4 Å². The fraction of sp³-hybridized carbons (Fsp3) is 0.667. The maximum atomic E-state index is 12.9. The smallest absolute Gasteiger partial charge is 0.394 e. The number of halogens is 3. The van der Waals surface area contributed by atoms with Gasteiger partial charge < -0.3 is 15.3 Å². The summed E-state index contributed by atoms with van der Waals surface area (Å²) in [6.45, 7) is 4.07. The number of aliphatic hydroxyl groups is 1. The van der Waals surface area contributed by atoms with Crippen molar-refractivity contribution in [2.75, 3.05) is 31.6 Å². The number of piperidine rings is 1. The van der Waals surface area contributed by atoms with E-state index in [1.54, 1.807) is 13.0 Å². The number of aliphatic hydroxyl groups excluding tert-OH is 1. The van der Waals surface area contributed by atoms with Crippen LogP contribution in [0.1, 0.15) is 30.8 Å². The molecule has 7 nitrogen and oxygen atoms in total.